The molecule has 0 aliphatic carbocycles. The number of aryl methyl sites for hydroxylation is 1. The maximum Gasteiger partial charge on any atom is 0.317 e. The van der Waals surface area contributed by atoms with Crippen molar-refractivity contribution in [3.63, 3.8) is 0 Å². The van der Waals surface area contributed by atoms with Gasteiger partial charge >= 0.3 is 5.97 Å². The lowest BCUT2D eigenvalue weighted by Gasteiger charge is -2.22. The lowest BCUT2D eigenvalue weighted by atomic mass is 10.1. The number of rotatable bonds is 9. The van der Waals surface area contributed by atoms with Crippen molar-refractivity contribution in [2.75, 3.05) is 41.0 Å². The van der Waals surface area contributed by atoms with E-state index in [2.05, 4.69) is 0 Å². The predicted molar refractivity (Wildman–Crippen MR) is 79.1 cm³/mol. The Labute approximate surface area is 125 Å². The van der Waals surface area contributed by atoms with Crippen molar-refractivity contribution in [1.82, 2.24) is 4.90 Å². The Kier molecular flexibility index (Phi) is 6.98. The van der Waals surface area contributed by atoms with Crippen LogP contribution in [-0.4, -0.2) is 57.0 Å². The molecular weight excluding hydrogens is 274 g/mol. The fourth-order valence-corrected chi connectivity index (χ4v) is 2.06. The molecule has 0 radical (unpaired) electrons. The van der Waals surface area contributed by atoms with Gasteiger partial charge in [0.2, 0.25) is 0 Å². The van der Waals surface area contributed by atoms with Crippen molar-refractivity contribution in [2.24, 2.45) is 0 Å². The molecule has 0 amide bonds. The van der Waals surface area contributed by atoms with Gasteiger partial charge in [-0.25, -0.2) is 0 Å². The Balaban J connectivity index is 2.93. The number of carboxylic acid groups (broad SMARTS) is 1. The zero-order valence-electron chi connectivity index (χ0n) is 13.0. The highest BCUT2D eigenvalue weighted by molar-refractivity contribution is 5.69. The number of nitrogens with zero attached hydrogens (tertiary/aromatic N) is 1. The van der Waals surface area contributed by atoms with Crippen LogP contribution in [0.5, 0.6) is 11.5 Å². The third kappa shape index (κ3) is 5.24. The van der Waals surface area contributed by atoms with Gasteiger partial charge in [-0.1, -0.05) is 0 Å². The molecule has 0 saturated heterocycles. The fraction of sp³-hybridized carbons (Fsp3) is 0.533. The van der Waals surface area contributed by atoms with E-state index in [1.165, 1.54) is 0 Å². The fourth-order valence-electron chi connectivity index (χ4n) is 2.06. The SMILES string of the molecule is COCCN(CC(=O)O)Cc1cc(OC)c(OC)cc1C. The molecule has 118 valence electrons. The van der Waals surface area contributed by atoms with Crippen LogP contribution in [0.25, 0.3) is 0 Å². The first-order chi connectivity index (χ1) is 10.0. The van der Waals surface area contributed by atoms with Crippen molar-refractivity contribution in [3.8, 4) is 11.5 Å². The van der Waals surface area contributed by atoms with Crippen LogP contribution in [-0.2, 0) is 16.1 Å². The molecule has 21 heavy (non-hydrogen) atoms. The molecule has 0 aromatic heterocycles. The van der Waals surface area contributed by atoms with Crippen LogP contribution in [0.2, 0.25) is 0 Å². The summed E-state index contributed by atoms with van der Waals surface area (Å²) in [5.41, 5.74) is 2.03. The molecular formula is C15H23NO5. The molecule has 0 atom stereocenters. The summed E-state index contributed by atoms with van der Waals surface area (Å²) in [7, 11) is 4.77. The van der Waals surface area contributed by atoms with Crippen molar-refractivity contribution in [2.45, 2.75) is 13.5 Å². The second-order valence-electron chi connectivity index (χ2n) is 4.73. The molecule has 1 aromatic rings. The molecule has 6 nitrogen and oxygen atoms in total. The zero-order chi connectivity index (χ0) is 15.8. The van der Waals surface area contributed by atoms with Crippen molar-refractivity contribution in [3.05, 3.63) is 23.3 Å². The summed E-state index contributed by atoms with van der Waals surface area (Å²) in [6.07, 6.45) is 0. The van der Waals surface area contributed by atoms with E-state index in [9.17, 15) is 4.79 Å². The van der Waals surface area contributed by atoms with Crippen LogP contribution < -0.4 is 9.47 Å². The lowest BCUT2D eigenvalue weighted by molar-refractivity contribution is -0.138. The summed E-state index contributed by atoms with van der Waals surface area (Å²) in [5, 5.41) is 8.99. The standard InChI is InChI=1S/C15H23NO5/c1-11-7-13(20-3)14(21-4)8-12(11)9-16(5-6-19-2)10-15(17)18/h7-8H,5-6,9-10H2,1-4H3,(H,17,18). The number of ether oxygens (including phenoxy) is 3. The van der Waals surface area contributed by atoms with Gasteiger partial charge in [-0.15, -0.1) is 0 Å². The molecule has 0 heterocycles. The minimum absolute atomic E-state index is 0.0306. The first kappa shape index (κ1) is 17.3. The maximum absolute atomic E-state index is 10.9. The van der Waals surface area contributed by atoms with E-state index in [1.807, 2.05) is 24.0 Å². The smallest absolute Gasteiger partial charge is 0.317 e. The van der Waals surface area contributed by atoms with Gasteiger partial charge in [0, 0.05) is 20.2 Å². The summed E-state index contributed by atoms with van der Waals surface area (Å²) in [4.78, 5) is 12.8. The van der Waals surface area contributed by atoms with Crippen molar-refractivity contribution >= 4 is 5.97 Å². The van der Waals surface area contributed by atoms with E-state index in [-0.39, 0.29) is 6.54 Å². The summed E-state index contributed by atoms with van der Waals surface area (Å²) >= 11 is 0. The van der Waals surface area contributed by atoms with Gasteiger partial charge in [0.05, 0.1) is 27.4 Å². The quantitative estimate of drug-likeness (QED) is 0.746. The first-order valence-electron chi connectivity index (χ1n) is 6.66. The Morgan fingerprint density at radius 2 is 1.81 bits per heavy atom. The zero-order valence-corrected chi connectivity index (χ0v) is 13.0. The molecule has 1 aromatic carbocycles. The largest absolute Gasteiger partial charge is 0.493 e. The van der Waals surface area contributed by atoms with Gasteiger partial charge in [0.15, 0.2) is 11.5 Å². The molecule has 1 rings (SSSR count). The van der Waals surface area contributed by atoms with Crippen LogP contribution in [0, 0.1) is 6.92 Å². The van der Waals surface area contributed by atoms with E-state index >= 15 is 0 Å². The van der Waals surface area contributed by atoms with E-state index < -0.39 is 5.97 Å². The van der Waals surface area contributed by atoms with E-state index in [4.69, 9.17) is 19.3 Å². The Bertz CT molecular complexity index is 475. The normalized spacial score (nSPS) is 10.7. The second-order valence-corrected chi connectivity index (χ2v) is 4.73. The first-order valence-corrected chi connectivity index (χ1v) is 6.66. The Morgan fingerprint density at radius 3 is 2.33 bits per heavy atom. The number of aliphatic carboxylic acids is 1. The average Bonchev–Trinajstić information content (AvgIpc) is 2.45. The van der Waals surface area contributed by atoms with Crippen LogP contribution in [0.3, 0.4) is 0 Å². The highest BCUT2D eigenvalue weighted by Gasteiger charge is 2.14. The number of methoxy groups -OCH3 is 3. The molecule has 0 unspecified atom stereocenters. The number of benzene rings is 1. The number of carboxylic acids is 1. The number of hydrogen-bond donors (Lipinski definition) is 1. The summed E-state index contributed by atoms with van der Waals surface area (Å²) in [6, 6.07) is 3.78. The topological polar surface area (TPSA) is 68.2 Å². The number of carbonyl (C=O) groups is 1. The predicted octanol–water partition coefficient (Wildman–Crippen LogP) is 1.55. The molecule has 6 heteroatoms. The monoisotopic (exact) mass is 297 g/mol. The molecule has 0 aliphatic rings. The van der Waals surface area contributed by atoms with Crippen LogP contribution in [0.1, 0.15) is 11.1 Å². The van der Waals surface area contributed by atoms with E-state index in [0.717, 1.165) is 11.1 Å². The van der Waals surface area contributed by atoms with Gasteiger partial charge in [-0.2, -0.15) is 0 Å². The maximum atomic E-state index is 10.9. The van der Waals surface area contributed by atoms with Gasteiger partial charge in [-0.05, 0) is 30.2 Å². The minimum atomic E-state index is -0.857. The summed E-state index contributed by atoms with van der Waals surface area (Å²) in [5.74, 6) is 0.449. The molecule has 0 fully saturated rings. The van der Waals surface area contributed by atoms with Crippen LogP contribution in [0.15, 0.2) is 12.1 Å². The highest BCUT2D eigenvalue weighted by Crippen LogP contribution is 2.30. The van der Waals surface area contributed by atoms with Crippen molar-refractivity contribution in [1.29, 1.82) is 0 Å². The van der Waals surface area contributed by atoms with Crippen LogP contribution in [0.4, 0.5) is 0 Å². The molecule has 0 saturated carbocycles. The molecule has 0 bridgehead atoms. The van der Waals surface area contributed by atoms with Gasteiger partial charge < -0.3 is 19.3 Å². The lowest BCUT2D eigenvalue weighted by Crippen LogP contribution is -2.32. The molecule has 1 N–H and O–H groups in total. The Hall–Kier alpha value is -1.79. The Morgan fingerprint density at radius 1 is 1.19 bits per heavy atom. The van der Waals surface area contributed by atoms with Crippen molar-refractivity contribution < 1.29 is 24.1 Å². The van der Waals surface area contributed by atoms with Gasteiger partial charge in [0.25, 0.3) is 0 Å². The van der Waals surface area contributed by atoms with E-state index in [1.54, 1.807) is 21.3 Å². The third-order valence-corrected chi connectivity index (χ3v) is 3.21. The second kappa shape index (κ2) is 8.49. The summed E-state index contributed by atoms with van der Waals surface area (Å²) in [6.45, 7) is 3.49. The number of hydrogen-bond acceptors (Lipinski definition) is 5. The van der Waals surface area contributed by atoms with Crippen LogP contribution >= 0.6 is 0 Å². The van der Waals surface area contributed by atoms with Gasteiger partial charge in [-0.3, -0.25) is 9.69 Å². The minimum Gasteiger partial charge on any atom is -0.493 e. The highest BCUT2D eigenvalue weighted by atomic mass is 16.5. The average molecular weight is 297 g/mol. The molecule has 0 aliphatic heterocycles. The third-order valence-electron chi connectivity index (χ3n) is 3.21. The molecule has 0 spiro atoms. The van der Waals surface area contributed by atoms with Gasteiger partial charge in [0.1, 0.15) is 0 Å². The van der Waals surface area contributed by atoms with E-state index in [0.29, 0.717) is 31.2 Å². The summed E-state index contributed by atoms with van der Waals surface area (Å²) < 4.78 is 15.6.